The number of nitrogens with one attached hydrogen (secondary N) is 2. The Bertz CT molecular complexity index is 1330. The highest BCUT2D eigenvalue weighted by atomic mass is 16.6. The van der Waals surface area contributed by atoms with Crippen LogP contribution in [0.1, 0.15) is 32.1 Å². The van der Waals surface area contributed by atoms with Crippen LogP contribution in [0.3, 0.4) is 0 Å². The van der Waals surface area contributed by atoms with E-state index in [0.717, 1.165) is 61.3 Å². The second-order valence-corrected chi connectivity index (χ2v) is 9.30. The molecular weight excluding hydrogens is 462 g/mol. The van der Waals surface area contributed by atoms with Crippen LogP contribution >= 0.6 is 0 Å². The van der Waals surface area contributed by atoms with Crippen molar-refractivity contribution in [2.24, 2.45) is 0 Å². The van der Waals surface area contributed by atoms with Crippen molar-refractivity contribution in [1.82, 2.24) is 15.1 Å². The highest BCUT2D eigenvalue weighted by Gasteiger charge is 2.31. The van der Waals surface area contributed by atoms with Crippen molar-refractivity contribution in [1.29, 1.82) is 0 Å². The van der Waals surface area contributed by atoms with Crippen molar-refractivity contribution in [2.75, 3.05) is 31.5 Å². The number of fused-ring (bicyclic) bond motifs is 3. The Morgan fingerprint density at radius 1 is 1.06 bits per heavy atom. The molecule has 188 valence electrons. The zero-order chi connectivity index (χ0) is 25.1. The molecule has 10 heteroatoms. The number of amides is 2. The third-order valence-electron chi connectivity index (χ3n) is 6.79. The van der Waals surface area contributed by atoms with Crippen molar-refractivity contribution in [3.63, 3.8) is 0 Å². The van der Waals surface area contributed by atoms with E-state index in [4.69, 9.17) is 4.42 Å². The van der Waals surface area contributed by atoms with Crippen LogP contribution in [0.2, 0.25) is 0 Å². The van der Waals surface area contributed by atoms with E-state index in [1.54, 1.807) is 15.9 Å². The van der Waals surface area contributed by atoms with Crippen LogP contribution in [0.5, 0.6) is 0 Å². The van der Waals surface area contributed by atoms with Crippen molar-refractivity contribution in [3.8, 4) is 0 Å². The number of nitro groups is 1. The lowest BCUT2D eigenvalue weighted by Gasteiger charge is -2.27. The van der Waals surface area contributed by atoms with Crippen LogP contribution < -0.4 is 10.6 Å². The Labute approximate surface area is 208 Å². The third-order valence-corrected chi connectivity index (χ3v) is 6.79. The number of hydrogen-bond acceptors (Lipinski definition) is 7. The molecule has 2 saturated heterocycles. The van der Waals surface area contributed by atoms with Gasteiger partial charge in [-0.3, -0.25) is 19.7 Å². The van der Waals surface area contributed by atoms with Gasteiger partial charge >= 0.3 is 0 Å². The normalized spacial score (nSPS) is 19.1. The van der Waals surface area contributed by atoms with E-state index < -0.39 is 11.0 Å². The molecular formula is C26H29N5O5. The maximum Gasteiger partial charge on any atom is 0.274 e. The summed E-state index contributed by atoms with van der Waals surface area (Å²) in [4.78, 5) is 40.1. The van der Waals surface area contributed by atoms with Crippen molar-refractivity contribution >= 4 is 39.4 Å². The first-order chi connectivity index (χ1) is 17.5. The minimum absolute atomic E-state index is 0.0418. The van der Waals surface area contributed by atoms with Crippen LogP contribution in [0.25, 0.3) is 21.9 Å². The van der Waals surface area contributed by atoms with Crippen molar-refractivity contribution in [2.45, 2.75) is 38.1 Å². The number of hydrogen-bond donors (Lipinski definition) is 2. The number of likely N-dealkylation sites (tertiary alicyclic amines) is 2. The van der Waals surface area contributed by atoms with Crippen LogP contribution in [0.4, 0.5) is 5.69 Å². The summed E-state index contributed by atoms with van der Waals surface area (Å²) in [5, 5.41) is 19.4. The molecule has 1 aromatic heterocycles. The molecule has 5 rings (SSSR count). The molecule has 2 aromatic carbocycles. The van der Waals surface area contributed by atoms with E-state index in [1.165, 1.54) is 0 Å². The number of carbonyl (C=O) groups excluding carboxylic acids is 2. The number of furan rings is 1. The van der Waals surface area contributed by atoms with Gasteiger partial charge in [-0.1, -0.05) is 18.2 Å². The molecule has 1 atom stereocenters. The molecule has 2 amide bonds. The molecule has 3 aromatic rings. The van der Waals surface area contributed by atoms with Gasteiger partial charge in [-0.25, -0.2) is 0 Å². The van der Waals surface area contributed by atoms with Gasteiger partial charge in [0.25, 0.3) is 6.20 Å². The van der Waals surface area contributed by atoms with E-state index in [2.05, 4.69) is 10.6 Å². The van der Waals surface area contributed by atoms with Gasteiger partial charge in [0, 0.05) is 42.2 Å². The van der Waals surface area contributed by atoms with Gasteiger partial charge in [-0.05, 0) is 50.3 Å². The monoisotopic (exact) mass is 491 g/mol. The van der Waals surface area contributed by atoms with Crippen LogP contribution in [-0.2, 0) is 9.59 Å². The number of anilines is 1. The molecule has 2 fully saturated rings. The van der Waals surface area contributed by atoms with Gasteiger partial charge in [0.2, 0.25) is 11.8 Å². The Hall–Kier alpha value is -4.08. The fraction of sp³-hybridized carbons (Fsp3) is 0.385. The smallest absolute Gasteiger partial charge is 0.274 e. The summed E-state index contributed by atoms with van der Waals surface area (Å²) in [5.74, 6) is -0.162. The molecule has 1 unspecified atom stereocenters. The van der Waals surface area contributed by atoms with E-state index in [-0.39, 0.29) is 24.2 Å². The fourth-order valence-corrected chi connectivity index (χ4v) is 4.98. The molecule has 0 radical (unpaired) electrons. The molecule has 0 aliphatic carbocycles. The molecule has 10 nitrogen and oxygen atoms in total. The summed E-state index contributed by atoms with van der Waals surface area (Å²) >= 11 is 0. The quantitative estimate of drug-likeness (QED) is 0.382. The largest absolute Gasteiger partial charge is 0.456 e. The topological polar surface area (TPSA) is 121 Å². The number of carbonyl (C=O) groups is 2. The Morgan fingerprint density at radius 2 is 1.81 bits per heavy atom. The maximum atomic E-state index is 13.3. The van der Waals surface area contributed by atoms with Crippen LogP contribution in [-0.4, -0.2) is 58.8 Å². The predicted molar refractivity (Wildman–Crippen MR) is 136 cm³/mol. The zero-order valence-corrected chi connectivity index (χ0v) is 19.9. The van der Waals surface area contributed by atoms with Gasteiger partial charge in [0.05, 0.1) is 11.5 Å². The van der Waals surface area contributed by atoms with Crippen LogP contribution in [0.15, 0.2) is 58.9 Å². The SMILES string of the molecule is O=C(CN1CCCCC(NC(=C[N+](=O)[O-])Nc2ccc3c(c2)oc2ccccc23)C1=O)N1CCCC1. The van der Waals surface area contributed by atoms with Gasteiger partial charge in [0.1, 0.15) is 17.2 Å². The van der Waals surface area contributed by atoms with Gasteiger partial charge in [0.15, 0.2) is 5.82 Å². The third kappa shape index (κ3) is 5.12. The lowest BCUT2D eigenvalue weighted by atomic mass is 10.1. The molecule has 36 heavy (non-hydrogen) atoms. The number of rotatable bonds is 7. The van der Waals surface area contributed by atoms with E-state index >= 15 is 0 Å². The Morgan fingerprint density at radius 3 is 2.61 bits per heavy atom. The highest BCUT2D eigenvalue weighted by Crippen LogP contribution is 2.30. The highest BCUT2D eigenvalue weighted by molar-refractivity contribution is 6.05. The van der Waals surface area contributed by atoms with E-state index in [0.29, 0.717) is 24.2 Å². The van der Waals surface area contributed by atoms with E-state index in [9.17, 15) is 19.7 Å². The first kappa shape index (κ1) is 23.7. The Kier molecular flexibility index (Phi) is 6.75. The maximum absolute atomic E-state index is 13.3. The molecule has 2 aliphatic heterocycles. The summed E-state index contributed by atoms with van der Waals surface area (Å²) in [6, 6.07) is 12.5. The molecule has 2 aliphatic rings. The average molecular weight is 492 g/mol. The zero-order valence-electron chi connectivity index (χ0n) is 19.9. The Balaban J connectivity index is 1.32. The second-order valence-electron chi connectivity index (χ2n) is 9.30. The standard InChI is InChI=1S/C26H29N5O5/c32-25(29-12-5-6-13-29)17-30-14-4-3-8-21(26(30)33)28-24(16-31(34)35)27-18-10-11-20-19-7-1-2-9-22(19)36-23(20)15-18/h1-2,7,9-11,15-16,21,27-28H,3-6,8,12-14,17H2. The van der Waals surface area contributed by atoms with Crippen LogP contribution in [0, 0.1) is 10.1 Å². The molecule has 0 bridgehead atoms. The van der Waals surface area contributed by atoms with Gasteiger partial charge < -0.3 is 24.9 Å². The minimum Gasteiger partial charge on any atom is -0.456 e. The minimum atomic E-state index is -0.674. The fourth-order valence-electron chi connectivity index (χ4n) is 4.98. The summed E-state index contributed by atoms with van der Waals surface area (Å²) in [7, 11) is 0. The van der Waals surface area contributed by atoms with E-state index in [1.807, 2.05) is 36.4 Å². The summed E-state index contributed by atoms with van der Waals surface area (Å²) in [5.41, 5.74) is 2.00. The van der Waals surface area contributed by atoms with Crippen molar-refractivity contribution in [3.05, 3.63) is 64.6 Å². The van der Waals surface area contributed by atoms with Gasteiger partial charge in [-0.2, -0.15) is 0 Å². The summed E-state index contributed by atoms with van der Waals surface area (Å²) in [6.07, 6.45) is 4.87. The lowest BCUT2D eigenvalue weighted by Crippen LogP contribution is -2.49. The number of para-hydroxylation sites is 1. The number of benzene rings is 2. The summed E-state index contributed by atoms with van der Waals surface area (Å²) < 4.78 is 5.92. The summed E-state index contributed by atoms with van der Waals surface area (Å²) in [6.45, 7) is 2.01. The second kappa shape index (κ2) is 10.3. The first-order valence-corrected chi connectivity index (χ1v) is 12.3. The first-order valence-electron chi connectivity index (χ1n) is 12.3. The van der Waals surface area contributed by atoms with Gasteiger partial charge in [-0.15, -0.1) is 0 Å². The lowest BCUT2D eigenvalue weighted by molar-refractivity contribution is -0.403. The molecule has 0 saturated carbocycles. The predicted octanol–water partition coefficient (Wildman–Crippen LogP) is 3.67. The van der Waals surface area contributed by atoms with Crippen molar-refractivity contribution < 1.29 is 18.9 Å². The molecule has 3 heterocycles. The number of nitrogens with zero attached hydrogens (tertiary/aromatic N) is 3. The molecule has 2 N–H and O–H groups in total. The average Bonchev–Trinajstić information content (AvgIpc) is 3.48. The molecule has 0 spiro atoms.